The maximum atomic E-state index is 5.55. The average molecular weight is 210 g/mol. The molecule has 1 aromatic rings. The minimum Gasteiger partial charge on any atom is -0.371 e. The van der Waals surface area contributed by atoms with Gasteiger partial charge < -0.3 is 4.90 Å². The van der Waals surface area contributed by atoms with Gasteiger partial charge in [-0.2, -0.15) is 0 Å². The van der Waals surface area contributed by atoms with Crippen molar-refractivity contribution in [1.82, 2.24) is 0 Å². The van der Waals surface area contributed by atoms with Gasteiger partial charge >= 0.3 is 0 Å². The molecule has 1 rings (SSSR count). The summed E-state index contributed by atoms with van der Waals surface area (Å²) in [6.45, 7) is 2.99. The van der Waals surface area contributed by atoms with E-state index in [-0.39, 0.29) is 0 Å². The molecule has 76 valence electrons. The Morgan fingerprint density at radius 3 is 2.43 bits per heavy atom. The van der Waals surface area contributed by atoms with Gasteiger partial charge in [-0.3, -0.25) is 0 Å². The number of hydrogen-bond acceptors (Lipinski definition) is 1. The lowest BCUT2D eigenvalue weighted by molar-refractivity contribution is 1.03. The number of benzene rings is 1. The topological polar surface area (TPSA) is 3.24 Å². The molecule has 0 spiro atoms. The first-order valence-electron chi connectivity index (χ1n) is 4.73. The van der Waals surface area contributed by atoms with Crippen LogP contribution in [0.25, 0.3) is 0 Å². The van der Waals surface area contributed by atoms with Crippen LogP contribution in [0.4, 0.5) is 5.69 Å². The second kappa shape index (κ2) is 5.71. The van der Waals surface area contributed by atoms with Crippen molar-refractivity contribution in [2.24, 2.45) is 0 Å². The van der Waals surface area contributed by atoms with Gasteiger partial charge in [0.2, 0.25) is 0 Å². The van der Waals surface area contributed by atoms with E-state index < -0.39 is 0 Å². The van der Waals surface area contributed by atoms with Crippen molar-refractivity contribution < 1.29 is 0 Å². The molecule has 1 nitrogen and oxygen atoms in total. The molecule has 0 radical (unpaired) electrons. The lowest BCUT2D eigenvalue weighted by Crippen LogP contribution is -2.16. The molecule has 0 aromatic heterocycles. The van der Waals surface area contributed by atoms with Crippen molar-refractivity contribution in [3.63, 3.8) is 0 Å². The van der Waals surface area contributed by atoms with Crippen LogP contribution < -0.4 is 4.90 Å². The Balaban J connectivity index is 2.56. The van der Waals surface area contributed by atoms with E-state index in [1.165, 1.54) is 11.3 Å². The quantitative estimate of drug-likeness (QED) is 0.544. The summed E-state index contributed by atoms with van der Waals surface area (Å²) in [6.07, 6.45) is 4.04. The molecule has 1 aromatic carbocycles. The van der Waals surface area contributed by atoms with E-state index in [2.05, 4.69) is 49.2 Å². The first kappa shape index (κ1) is 11.1. The van der Waals surface area contributed by atoms with E-state index in [9.17, 15) is 0 Å². The zero-order valence-corrected chi connectivity index (χ0v) is 9.46. The van der Waals surface area contributed by atoms with Crippen LogP contribution in [-0.2, 0) is 0 Å². The molecule has 0 fully saturated rings. The van der Waals surface area contributed by atoms with E-state index in [1.807, 2.05) is 6.08 Å². The second-order valence-corrected chi connectivity index (χ2v) is 3.65. The zero-order valence-electron chi connectivity index (χ0n) is 8.70. The Morgan fingerprint density at radius 1 is 1.21 bits per heavy atom. The smallest absolute Gasteiger partial charge is 0.0404 e. The van der Waals surface area contributed by atoms with Crippen molar-refractivity contribution >= 4 is 17.3 Å². The van der Waals surface area contributed by atoms with Crippen LogP contribution in [0.3, 0.4) is 0 Å². The highest BCUT2D eigenvalue weighted by molar-refractivity contribution is 6.18. The van der Waals surface area contributed by atoms with Crippen molar-refractivity contribution in [3.05, 3.63) is 42.0 Å². The minimum absolute atomic E-state index is 0.585. The normalized spacial score (nSPS) is 10.8. The Hall–Kier alpha value is -0.950. The molecule has 0 unspecified atom stereocenters. The summed E-state index contributed by atoms with van der Waals surface area (Å²) in [5.74, 6) is 0.585. The summed E-state index contributed by atoms with van der Waals surface area (Å²) in [7, 11) is 2.07. The molecule has 0 aliphatic heterocycles. The fraction of sp³-hybridized carbons (Fsp3) is 0.333. The lowest BCUT2D eigenvalue weighted by atomic mass is 10.2. The maximum Gasteiger partial charge on any atom is 0.0404 e. The molecule has 0 N–H and O–H groups in total. The Labute approximate surface area is 91.0 Å². The van der Waals surface area contributed by atoms with Gasteiger partial charge in [0, 0.05) is 25.2 Å². The number of hydrogen-bond donors (Lipinski definition) is 0. The SMILES string of the molecule is Cc1ccc(N(C)CC=CCCl)cc1. The van der Waals surface area contributed by atoms with E-state index in [4.69, 9.17) is 11.6 Å². The summed E-state index contributed by atoms with van der Waals surface area (Å²) in [6, 6.07) is 8.50. The number of nitrogens with zero attached hydrogens (tertiary/aromatic N) is 1. The third-order valence-electron chi connectivity index (χ3n) is 2.11. The largest absolute Gasteiger partial charge is 0.371 e. The molecule has 0 atom stereocenters. The summed E-state index contributed by atoms with van der Waals surface area (Å²) < 4.78 is 0. The first-order valence-corrected chi connectivity index (χ1v) is 5.26. The molecule has 0 aliphatic rings. The second-order valence-electron chi connectivity index (χ2n) is 3.34. The van der Waals surface area contributed by atoms with Crippen LogP contribution in [0, 0.1) is 6.92 Å². The summed E-state index contributed by atoms with van der Waals surface area (Å²) in [4.78, 5) is 2.18. The number of likely N-dealkylation sites (N-methyl/N-ethyl adjacent to an activating group) is 1. The van der Waals surface area contributed by atoms with E-state index in [0.29, 0.717) is 5.88 Å². The van der Waals surface area contributed by atoms with Crippen molar-refractivity contribution in [3.8, 4) is 0 Å². The van der Waals surface area contributed by atoms with Crippen LogP contribution in [0.15, 0.2) is 36.4 Å². The van der Waals surface area contributed by atoms with Crippen LogP contribution in [0.5, 0.6) is 0 Å². The van der Waals surface area contributed by atoms with Gasteiger partial charge in [-0.1, -0.05) is 29.8 Å². The van der Waals surface area contributed by atoms with Crippen LogP contribution in [0.2, 0.25) is 0 Å². The van der Waals surface area contributed by atoms with Gasteiger partial charge in [0.05, 0.1) is 0 Å². The standard InChI is InChI=1S/C12H16ClN/c1-11-5-7-12(8-6-11)14(2)10-4-3-9-13/h3-8H,9-10H2,1-2H3. The van der Waals surface area contributed by atoms with Crippen LogP contribution in [0.1, 0.15) is 5.56 Å². The summed E-state index contributed by atoms with van der Waals surface area (Å²) in [5.41, 5.74) is 2.52. The highest BCUT2D eigenvalue weighted by Gasteiger charge is 1.96. The molecule has 2 heteroatoms. The maximum absolute atomic E-state index is 5.55. The fourth-order valence-electron chi connectivity index (χ4n) is 1.20. The predicted molar refractivity (Wildman–Crippen MR) is 64.3 cm³/mol. The molecule has 0 amide bonds. The molecule has 0 bridgehead atoms. The Bertz CT molecular complexity index is 290. The molecule has 0 saturated carbocycles. The zero-order chi connectivity index (χ0) is 10.4. The van der Waals surface area contributed by atoms with Gasteiger partial charge in [0.25, 0.3) is 0 Å². The fourth-order valence-corrected chi connectivity index (χ4v) is 1.33. The number of aryl methyl sites for hydroxylation is 1. The van der Waals surface area contributed by atoms with Gasteiger partial charge in [-0.15, -0.1) is 11.6 Å². The molecule has 0 saturated heterocycles. The average Bonchev–Trinajstić information content (AvgIpc) is 2.19. The van der Waals surface area contributed by atoms with Crippen molar-refractivity contribution in [2.75, 3.05) is 24.4 Å². The van der Waals surface area contributed by atoms with E-state index in [1.54, 1.807) is 0 Å². The monoisotopic (exact) mass is 209 g/mol. The van der Waals surface area contributed by atoms with Crippen LogP contribution >= 0.6 is 11.6 Å². The number of allylic oxidation sites excluding steroid dienone is 1. The lowest BCUT2D eigenvalue weighted by Gasteiger charge is -2.17. The molecular formula is C12H16ClN. The first-order chi connectivity index (χ1) is 6.74. The Kier molecular flexibility index (Phi) is 4.54. The van der Waals surface area contributed by atoms with Gasteiger partial charge in [-0.25, -0.2) is 0 Å². The highest BCUT2D eigenvalue weighted by Crippen LogP contribution is 2.12. The third-order valence-corrected chi connectivity index (χ3v) is 2.29. The van der Waals surface area contributed by atoms with Crippen molar-refractivity contribution in [2.45, 2.75) is 6.92 Å². The molecule has 0 heterocycles. The molecule has 14 heavy (non-hydrogen) atoms. The summed E-state index contributed by atoms with van der Waals surface area (Å²) in [5, 5.41) is 0. The van der Waals surface area contributed by atoms with E-state index in [0.717, 1.165) is 6.54 Å². The highest BCUT2D eigenvalue weighted by atomic mass is 35.5. The number of rotatable bonds is 4. The van der Waals surface area contributed by atoms with Gasteiger partial charge in [0.1, 0.15) is 0 Å². The third kappa shape index (κ3) is 3.43. The molecular weight excluding hydrogens is 194 g/mol. The van der Waals surface area contributed by atoms with Crippen molar-refractivity contribution in [1.29, 1.82) is 0 Å². The number of halogens is 1. The van der Waals surface area contributed by atoms with Gasteiger partial charge in [-0.05, 0) is 19.1 Å². The number of alkyl halides is 1. The number of anilines is 1. The molecule has 0 aliphatic carbocycles. The summed E-state index contributed by atoms with van der Waals surface area (Å²) >= 11 is 5.55. The van der Waals surface area contributed by atoms with E-state index >= 15 is 0 Å². The minimum atomic E-state index is 0.585. The van der Waals surface area contributed by atoms with Gasteiger partial charge in [0.15, 0.2) is 0 Å². The predicted octanol–water partition coefficient (Wildman–Crippen LogP) is 3.23. The Morgan fingerprint density at radius 2 is 1.86 bits per heavy atom. The van der Waals surface area contributed by atoms with Crippen LogP contribution in [-0.4, -0.2) is 19.5 Å².